The number of carbonyl (C=O) groups excluding carboxylic acids is 1. The standard InChI is InChI=1S/C9H8N2O4/c1-2-14-9(12)7-8-6(15-10-7)4-3-5-11(8)13/h3-5H,2H2,1H3. The molecule has 6 nitrogen and oxygen atoms in total. The van der Waals surface area contributed by atoms with Gasteiger partial charge < -0.3 is 14.5 Å². The van der Waals surface area contributed by atoms with Crippen molar-refractivity contribution in [1.29, 1.82) is 0 Å². The van der Waals surface area contributed by atoms with Crippen LogP contribution in [-0.2, 0) is 4.74 Å². The topological polar surface area (TPSA) is 79.3 Å². The molecule has 0 bridgehead atoms. The first-order valence-corrected chi connectivity index (χ1v) is 4.38. The third kappa shape index (κ3) is 1.50. The van der Waals surface area contributed by atoms with Crippen LogP contribution in [0.25, 0.3) is 11.1 Å². The summed E-state index contributed by atoms with van der Waals surface area (Å²) in [6.07, 6.45) is 1.27. The Labute approximate surface area is 84.6 Å². The lowest BCUT2D eigenvalue weighted by Crippen LogP contribution is -2.27. The molecule has 0 fully saturated rings. The monoisotopic (exact) mass is 208 g/mol. The van der Waals surface area contributed by atoms with Crippen molar-refractivity contribution in [3.8, 4) is 0 Å². The van der Waals surface area contributed by atoms with Crippen LogP contribution in [0.4, 0.5) is 0 Å². The highest BCUT2D eigenvalue weighted by Crippen LogP contribution is 2.14. The molecule has 0 radical (unpaired) electrons. The van der Waals surface area contributed by atoms with Gasteiger partial charge in [0.2, 0.25) is 5.58 Å². The van der Waals surface area contributed by atoms with Crippen LogP contribution in [0.2, 0.25) is 0 Å². The van der Waals surface area contributed by atoms with E-state index >= 15 is 0 Å². The Morgan fingerprint density at radius 3 is 3.27 bits per heavy atom. The number of rotatable bonds is 2. The Kier molecular flexibility index (Phi) is 2.24. The van der Waals surface area contributed by atoms with Crippen molar-refractivity contribution >= 4 is 17.1 Å². The molecule has 0 saturated heterocycles. The quantitative estimate of drug-likeness (QED) is 0.411. The molecule has 2 heterocycles. The Hall–Kier alpha value is -2.11. The number of nitrogens with zero attached hydrogens (tertiary/aromatic N) is 2. The molecule has 0 aliphatic heterocycles. The highest BCUT2D eigenvalue weighted by Gasteiger charge is 2.24. The van der Waals surface area contributed by atoms with E-state index in [1.165, 1.54) is 12.3 Å². The number of hydrogen-bond acceptors (Lipinski definition) is 5. The van der Waals surface area contributed by atoms with Crippen molar-refractivity contribution in [1.82, 2.24) is 5.16 Å². The minimum Gasteiger partial charge on any atom is -0.618 e. The third-order valence-corrected chi connectivity index (χ3v) is 1.85. The predicted octanol–water partition coefficient (Wildman–Crippen LogP) is 0.638. The maximum absolute atomic E-state index is 11.4. The molecule has 2 aromatic heterocycles. The van der Waals surface area contributed by atoms with Crippen LogP contribution in [0.1, 0.15) is 17.4 Å². The van der Waals surface area contributed by atoms with Crippen molar-refractivity contribution in [2.75, 3.05) is 6.61 Å². The van der Waals surface area contributed by atoms with Gasteiger partial charge in [0.05, 0.1) is 6.61 Å². The first kappa shape index (κ1) is 9.45. The number of pyridine rings is 1. The highest BCUT2D eigenvalue weighted by atomic mass is 16.5. The number of aromatic nitrogens is 2. The lowest BCUT2D eigenvalue weighted by Gasteiger charge is -1.98. The summed E-state index contributed by atoms with van der Waals surface area (Å²) in [5.41, 5.74) is 0.258. The van der Waals surface area contributed by atoms with Crippen molar-refractivity contribution in [3.63, 3.8) is 0 Å². The van der Waals surface area contributed by atoms with Gasteiger partial charge in [-0.05, 0) is 13.0 Å². The van der Waals surface area contributed by atoms with E-state index in [4.69, 9.17) is 9.26 Å². The molecule has 0 atom stereocenters. The fourth-order valence-corrected chi connectivity index (χ4v) is 1.24. The molecule has 0 spiro atoms. The lowest BCUT2D eigenvalue weighted by molar-refractivity contribution is -0.577. The largest absolute Gasteiger partial charge is 0.618 e. The summed E-state index contributed by atoms with van der Waals surface area (Å²) in [5.74, 6) is -0.660. The van der Waals surface area contributed by atoms with Gasteiger partial charge in [-0.1, -0.05) is 5.16 Å². The molecule has 2 rings (SSSR count). The first-order valence-electron chi connectivity index (χ1n) is 4.38. The van der Waals surface area contributed by atoms with Crippen LogP contribution in [-0.4, -0.2) is 17.7 Å². The molecular formula is C9H8N2O4. The predicted molar refractivity (Wildman–Crippen MR) is 48.9 cm³/mol. The lowest BCUT2D eigenvalue weighted by atomic mass is 10.3. The van der Waals surface area contributed by atoms with Gasteiger partial charge >= 0.3 is 5.97 Å². The average Bonchev–Trinajstić information content (AvgIpc) is 2.63. The van der Waals surface area contributed by atoms with Gasteiger partial charge in [-0.2, -0.15) is 4.73 Å². The molecule has 0 aromatic carbocycles. The summed E-state index contributed by atoms with van der Waals surface area (Å²) in [6.45, 7) is 1.89. The molecule has 6 heteroatoms. The minimum atomic E-state index is -0.660. The van der Waals surface area contributed by atoms with Gasteiger partial charge in [-0.25, -0.2) is 4.79 Å². The number of ether oxygens (including phenoxy) is 1. The van der Waals surface area contributed by atoms with E-state index in [0.717, 1.165) is 0 Å². The van der Waals surface area contributed by atoms with Gasteiger partial charge in [0, 0.05) is 6.07 Å². The summed E-state index contributed by atoms with van der Waals surface area (Å²) in [5, 5.41) is 14.9. The Morgan fingerprint density at radius 1 is 1.73 bits per heavy atom. The van der Waals surface area contributed by atoms with Crippen molar-refractivity contribution < 1.29 is 18.8 Å². The molecule has 15 heavy (non-hydrogen) atoms. The zero-order valence-electron chi connectivity index (χ0n) is 7.97. The smallest absolute Gasteiger partial charge is 0.367 e. The summed E-state index contributed by atoms with van der Waals surface area (Å²) < 4.78 is 10.1. The molecule has 0 unspecified atom stereocenters. The van der Waals surface area contributed by atoms with Gasteiger partial charge in [-0.3, -0.25) is 0 Å². The molecule has 0 saturated carbocycles. The molecular weight excluding hydrogens is 200 g/mol. The maximum atomic E-state index is 11.4. The fourth-order valence-electron chi connectivity index (χ4n) is 1.24. The Bertz CT molecular complexity index is 506. The summed E-state index contributed by atoms with van der Waals surface area (Å²) in [4.78, 5) is 11.4. The molecule has 0 N–H and O–H groups in total. The third-order valence-electron chi connectivity index (χ3n) is 1.85. The van der Waals surface area contributed by atoms with Gasteiger partial charge in [0.25, 0.3) is 11.2 Å². The Morgan fingerprint density at radius 2 is 2.53 bits per heavy atom. The van der Waals surface area contributed by atoms with E-state index in [2.05, 4.69) is 5.16 Å². The number of hydrogen-bond donors (Lipinski definition) is 0. The van der Waals surface area contributed by atoms with Crippen LogP contribution < -0.4 is 4.73 Å². The van der Waals surface area contributed by atoms with Crippen LogP contribution in [0.5, 0.6) is 0 Å². The zero-order chi connectivity index (χ0) is 10.8. The fraction of sp³-hybridized carbons (Fsp3) is 0.222. The summed E-state index contributed by atoms with van der Waals surface area (Å²) in [7, 11) is 0. The van der Waals surface area contributed by atoms with E-state index < -0.39 is 5.97 Å². The molecule has 78 valence electrons. The second-order valence-corrected chi connectivity index (χ2v) is 2.80. The van der Waals surface area contributed by atoms with Crippen LogP contribution in [0.3, 0.4) is 0 Å². The average molecular weight is 208 g/mol. The van der Waals surface area contributed by atoms with Gasteiger partial charge in [-0.15, -0.1) is 0 Å². The summed E-state index contributed by atoms with van der Waals surface area (Å²) >= 11 is 0. The van der Waals surface area contributed by atoms with E-state index in [1.54, 1.807) is 13.0 Å². The normalized spacial score (nSPS) is 10.5. The number of carbonyl (C=O) groups is 1. The van der Waals surface area contributed by atoms with Crippen molar-refractivity contribution in [3.05, 3.63) is 29.2 Å². The van der Waals surface area contributed by atoms with Crippen molar-refractivity contribution in [2.45, 2.75) is 6.92 Å². The number of fused-ring (bicyclic) bond motifs is 1. The zero-order valence-corrected chi connectivity index (χ0v) is 7.97. The van der Waals surface area contributed by atoms with E-state index in [0.29, 0.717) is 4.73 Å². The minimum absolute atomic E-state index is 0.0935. The summed E-state index contributed by atoms with van der Waals surface area (Å²) in [6, 6.07) is 3.06. The molecule has 0 aliphatic rings. The highest BCUT2D eigenvalue weighted by molar-refractivity contribution is 5.97. The second-order valence-electron chi connectivity index (χ2n) is 2.80. The van der Waals surface area contributed by atoms with E-state index in [-0.39, 0.29) is 23.4 Å². The van der Waals surface area contributed by atoms with Crippen LogP contribution >= 0.6 is 0 Å². The van der Waals surface area contributed by atoms with Gasteiger partial charge in [0.15, 0.2) is 6.20 Å². The van der Waals surface area contributed by atoms with Crippen LogP contribution in [0, 0.1) is 5.21 Å². The van der Waals surface area contributed by atoms with E-state index in [1.807, 2.05) is 0 Å². The first-order chi connectivity index (χ1) is 7.24. The maximum Gasteiger partial charge on any atom is 0.367 e. The SMILES string of the molecule is CCOC(=O)c1noc2ccc[n+]([O-])c12. The van der Waals surface area contributed by atoms with Crippen molar-refractivity contribution in [2.24, 2.45) is 0 Å². The van der Waals surface area contributed by atoms with E-state index in [9.17, 15) is 10.0 Å². The molecule has 0 aliphatic carbocycles. The van der Waals surface area contributed by atoms with Gasteiger partial charge in [0.1, 0.15) is 0 Å². The molecule has 0 amide bonds. The number of esters is 1. The van der Waals surface area contributed by atoms with Crippen LogP contribution in [0.15, 0.2) is 22.9 Å². The molecule has 2 aromatic rings. The second kappa shape index (κ2) is 3.56. The Balaban J connectivity index is 2.57.